The highest BCUT2D eigenvalue weighted by Gasteiger charge is 2.35. The lowest BCUT2D eigenvalue weighted by atomic mass is 9.98. The van der Waals surface area contributed by atoms with Crippen molar-refractivity contribution in [1.29, 1.82) is 0 Å². The highest BCUT2D eigenvalue weighted by Crippen LogP contribution is 2.36. The molecule has 0 spiro atoms. The van der Waals surface area contributed by atoms with Gasteiger partial charge in [-0.1, -0.05) is 25.1 Å². The zero-order valence-electron chi connectivity index (χ0n) is 20.2. The molecule has 0 amide bonds. The number of piperazine rings is 1. The number of benzene rings is 2. The smallest absolute Gasteiger partial charge is 0.173 e. The van der Waals surface area contributed by atoms with E-state index in [9.17, 15) is 0 Å². The van der Waals surface area contributed by atoms with Gasteiger partial charge in [0.15, 0.2) is 5.82 Å². The van der Waals surface area contributed by atoms with E-state index < -0.39 is 0 Å². The molecule has 0 bridgehead atoms. The van der Waals surface area contributed by atoms with Gasteiger partial charge in [-0.25, -0.2) is 4.68 Å². The lowest BCUT2D eigenvalue weighted by Crippen LogP contribution is -2.49. The molecule has 1 fully saturated rings. The Hall–Kier alpha value is -3.13. The van der Waals surface area contributed by atoms with E-state index in [-0.39, 0.29) is 11.6 Å². The first-order chi connectivity index (χ1) is 16.0. The van der Waals surface area contributed by atoms with Crippen LogP contribution < -0.4 is 14.4 Å². The number of ether oxygens (including phenoxy) is 2. The highest BCUT2D eigenvalue weighted by molar-refractivity contribution is 5.49. The number of aromatic nitrogens is 4. The summed E-state index contributed by atoms with van der Waals surface area (Å²) in [6.07, 6.45) is 0.926. The zero-order valence-corrected chi connectivity index (χ0v) is 20.2. The van der Waals surface area contributed by atoms with Gasteiger partial charge in [0.25, 0.3) is 0 Å². The molecule has 0 N–H and O–H groups in total. The molecule has 0 aliphatic carbocycles. The first kappa shape index (κ1) is 23.0. The van der Waals surface area contributed by atoms with Crippen molar-refractivity contribution in [3.63, 3.8) is 0 Å². The summed E-state index contributed by atoms with van der Waals surface area (Å²) in [5, 5.41) is 13.0. The van der Waals surface area contributed by atoms with Crippen molar-refractivity contribution in [2.45, 2.75) is 38.8 Å². The van der Waals surface area contributed by atoms with E-state index in [1.807, 2.05) is 28.9 Å². The fraction of sp³-hybridized carbons (Fsp3) is 0.480. The predicted octanol–water partition coefficient (Wildman–Crippen LogP) is 3.75. The third-order valence-corrected chi connectivity index (χ3v) is 6.73. The summed E-state index contributed by atoms with van der Waals surface area (Å²) in [6, 6.07) is 16.4. The second-order valence-electron chi connectivity index (χ2n) is 8.98. The molecule has 2 heterocycles. The molecule has 176 valence electrons. The van der Waals surface area contributed by atoms with Crippen molar-refractivity contribution in [1.82, 2.24) is 25.1 Å². The van der Waals surface area contributed by atoms with Crippen LogP contribution in [0.25, 0.3) is 0 Å². The number of anilines is 1. The minimum absolute atomic E-state index is 0.0972. The van der Waals surface area contributed by atoms with Gasteiger partial charge < -0.3 is 14.4 Å². The van der Waals surface area contributed by atoms with Crippen molar-refractivity contribution < 1.29 is 9.47 Å². The summed E-state index contributed by atoms with van der Waals surface area (Å²) in [4.78, 5) is 4.87. The van der Waals surface area contributed by atoms with Gasteiger partial charge in [-0.2, -0.15) is 0 Å². The average Bonchev–Trinajstić information content (AvgIpc) is 3.35. The summed E-state index contributed by atoms with van der Waals surface area (Å²) < 4.78 is 13.0. The van der Waals surface area contributed by atoms with Crippen LogP contribution in [0.2, 0.25) is 0 Å². The molecule has 0 unspecified atom stereocenters. The van der Waals surface area contributed by atoms with Crippen molar-refractivity contribution in [3.05, 3.63) is 59.9 Å². The molecule has 0 saturated carbocycles. The maximum Gasteiger partial charge on any atom is 0.173 e. The standard InChI is InChI=1S/C25H34N6O2/c1-6-25(2,3)31-24(26-27-28-31)23(21-9-7-8-10-22(21)33-5)30-17-15-29(16-18-30)19-11-13-20(32-4)14-12-19/h7-14,23H,6,15-18H2,1-5H3/t23-/m0/s1. The topological polar surface area (TPSA) is 68.5 Å². The highest BCUT2D eigenvalue weighted by atomic mass is 16.5. The molecule has 33 heavy (non-hydrogen) atoms. The SMILES string of the molecule is CCC(C)(C)n1nnnc1[C@H](c1ccccc1OC)N1CCN(c2ccc(OC)cc2)CC1. The van der Waals surface area contributed by atoms with E-state index in [1.165, 1.54) is 5.69 Å². The molecular formula is C25H34N6O2. The number of methoxy groups -OCH3 is 2. The van der Waals surface area contributed by atoms with Crippen LogP contribution >= 0.6 is 0 Å². The summed E-state index contributed by atoms with van der Waals surface area (Å²) in [6.45, 7) is 10.1. The normalized spacial score (nSPS) is 16.0. The van der Waals surface area contributed by atoms with Crippen LogP contribution in [0.4, 0.5) is 5.69 Å². The number of hydrogen-bond donors (Lipinski definition) is 0. The molecule has 0 radical (unpaired) electrons. The Labute approximate surface area is 196 Å². The Morgan fingerprint density at radius 1 is 0.939 bits per heavy atom. The Morgan fingerprint density at radius 3 is 2.27 bits per heavy atom. The monoisotopic (exact) mass is 450 g/mol. The van der Waals surface area contributed by atoms with Crippen LogP contribution in [0.5, 0.6) is 11.5 Å². The summed E-state index contributed by atoms with van der Waals surface area (Å²) in [7, 11) is 3.41. The number of para-hydroxylation sites is 1. The molecule has 8 heteroatoms. The summed E-state index contributed by atoms with van der Waals surface area (Å²) in [5.74, 6) is 2.58. The van der Waals surface area contributed by atoms with Crippen LogP contribution in [0.3, 0.4) is 0 Å². The van der Waals surface area contributed by atoms with Crippen LogP contribution in [0, 0.1) is 0 Å². The van der Waals surface area contributed by atoms with E-state index in [2.05, 4.69) is 70.4 Å². The lowest BCUT2D eigenvalue weighted by Gasteiger charge is -2.40. The third kappa shape index (κ3) is 4.66. The molecule has 4 rings (SSSR count). The Kier molecular flexibility index (Phi) is 6.83. The molecule has 1 aromatic heterocycles. The largest absolute Gasteiger partial charge is 0.497 e. The summed E-state index contributed by atoms with van der Waals surface area (Å²) >= 11 is 0. The number of tetrazole rings is 1. The van der Waals surface area contributed by atoms with Crippen molar-refractivity contribution in [3.8, 4) is 11.5 Å². The molecule has 1 aliphatic heterocycles. The van der Waals surface area contributed by atoms with Gasteiger partial charge in [0.1, 0.15) is 17.5 Å². The molecular weight excluding hydrogens is 416 g/mol. The molecule has 3 aromatic rings. The Bertz CT molecular complexity index is 1040. The van der Waals surface area contributed by atoms with E-state index in [4.69, 9.17) is 9.47 Å². The first-order valence-corrected chi connectivity index (χ1v) is 11.5. The molecule has 1 saturated heterocycles. The van der Waals surface area contributed by atoms with Gasteiger partial charge in [0.05, 0.1) is 19.8 Å². The van der Waals surface area contributed by atoms with Crippen LogP contribution in [0.15, 0.2) is 48.5 Å². The fourth-order valence-corrected chi connectivity index (χ4v) is 4.37. The quantitative estimate of drug-likeness (QED) is 0.518. The zero-order chi connectivity index (χ0) is 23.4. The van der Waals surface area contributed by atoms with Gasteiger partial charge >= 0.3 is 0 Å². The van der Waals surface area contributed by atoms with Crippen LogP contribution in [-0.2, 0) is 5.54 Å². The third-order valence-electron chi connectivity index (χ3n) is 6.73. The minimum Gasteiger partial charge on any atom is -0.497 e. The van der Waals surface area contributed by atoms with Gasteiger partial charge in [-0.05, 0) is 61.0 Å². The van der Waals surface area contributed by atoms with Crippen molar-refractivity contribution in [2.75, 3.05) is 45.3 Å². The second kappa shape index (κ2) is 9.79. The maximum atomic E-state index is 5.75. The predicted molar refractivity (Wildman–Crippen MR) is 129 cm³/mol. The van der Waals surface area contributed by atoms with Crippen molar-refractivity contribution in [2.24, 2.45) is 0 Å². The van der Waals surface area contributed by atoms with E-state index in [0.29, 0.717) is 0 Å². The van der Waals surface area contributed by atoms with Gasteiger partial charge in [-0.15, -0.1) is 5.10 Å². The average molecular weight is 451 g/mol. The van der Waals surface area contributed by atoms with Crippen LogP contribution in [-0.4, -0.2) is 65.5 Å². The number of nitrogens with zero attached hydrogens (tertiary/aromatic N) is 6. The van der Waals surface area contributed by atoms with Crippen molar-refractivity contribution >= 4 is 5.69 Å². The molecule has 2 aromatic carbocycles. The molecule has 8 nitrogen and oxygen atoms in total. The Morgan fingerprint density at radius 2 is 1.64 bits per heavy atom. The van der Waals surface area contributed by atoms with E-state index in [1.54, 1.807) is 14.2 Å². The number of rotatable bonds is 8. The lowest BCUT2D eigenvalue weighted by molar-refractivity contribution is 0.184. The van der Waals surface area contributed by atoms with Gasteiger partial charge in [-0.3, -0.25) is 4.90 Å². The second-order valence-corrected chi connectivity index (χ2v) is 8.98. The van der Waals surface area contributed by atoms with Crippen LogP contribution in [0.1, 0.15) is 44.6 Å². The minimum atomic E-state index is -0.190. The van der Waals surface area contributed by atoms with Gasteiger partial charge in [0.2, 0.25) is 0 Å². The maximum absolute atomic E-state index is 5.75. The first-order valence-electron chi connectivity index (χ1n) is 11.5. The van der Waals surface area contributed by atoms with Gasteiger partial charge in [0, 0.05) is 37.4 Å². The van der Waals surface area contributed by atoms with E-state index in [0.717, 1.165) is 55.5 Å². The van der Waals surface area contributed by atoms with E-state index >= 15 is 0 Å². The fourth-order valence-electron chi connectivity index (χ4n) is 4.37. The summed E-state index contributed by atoms with van der Waals surface area (Å²) in [5.41, 5.74) is 2.10. The number of hydrogen-bond acceptors (Lipinski definition) is 7. The molecule has 1 atom stereocenters. The molecule has 1 aliphatic rings. The Balaban J connectivity index is 1.65.